The first kappa shape index (κ1) is 14.0. The highest BCUT2D eigenvalue weighted by Gasteiger charge is 2.19. The third-order valence-corrected chi connectivity index (χ3v) is 4.59. The Labute approximate surface area is 116 Å². The van der Waals surface area contributed by atoms with Gasteiger partial charge in [0.1, 0.15) is 6.07 Å². The molecule has 2 N–H and O–H groups in total. The number of imidazole rings is 1. The first-order valence-corrected chi connectivity index (χ1v) is 7.08. The predicted molar refractivity (Wildman–Crippen MR) is 73.6 cm³/mol. The van der Waals surface area contributed by atoms with Gasteiger partial charge in [0.05, 0.1) is 16.3 Å². The first-order chi connectivity index (χ1) is 9.37. The lowest BCUT2D eigenvalue weighted by atomic mass is 10.2. The molecule has 8 heteroatoms. The molecule has 7 nitrogen and oxygen atoms in total. The number of nitriles is 1. The maximum atomic E-state index is 12.1. The number of hydrogen-bond donors (Lipinski definition) is 1. The van der Waals surface area contributed by atoms with Crippen LogP contribution in [0.15, 0.2) is 35.5 Å². The van der Waals surface area contributed by atoms with Gasteiger partial charge in [-0.05, 0) is 18.2 Å². The number of aromatic nitrogens is 2. The van der Waals surface area contributed by atoms with Crippen molar-refractivity contribution in [3.8, 4) is 11.8 Å². The van der Waals surface area contributed by atoms with Gasteiger partial charge in [0, 0.05) is 26.5 Å². The molecule has 0 unspecified atom stereocenters. The zero-order valence-corrected chi connectivity index (χ0v) is 11.8. The summed E-state index contributed by atoms with van der Waals surface area (Å²) in [6.07, 6.45) is 3.00. The van der Waals surface area contributed by atoms with Crippen LogP contribution in [-0.2, 0) is 10.0 Å². The lowest BCUT2D eigenvalue weighted by Crippen LogP contribution is -2.22. The average Bonchev–Trinajstić information content (AvgIpc) is 2.86. The van der Waals surface area contributed by atoms with E-state index in [4.69, 9.17) is 11.0 Å². The number of sulfonamides is 1. The molecule has 0 bridgehead atoms. The van der Waals surface area contributed by atoms with Crippen LogP contribution in [0.25, 0.3) is 5.69 Å². The fraction of sp³-hybridized carbons (Fsp3) is 0.167. The van der Waals surface area contributed by atoms with Gasteiger partial charge in [-0.15, -0.1) is 0 Å². The van der Waals surface area contributed by atoms with Gasteiger partial charge in [-0.25, -0.2) is 17.7 Å². The molecule has 0 spiro atoms. The SMILES string of the molecule is CN(C)S(=O)(=O)c1ccc(N)c(-n2ccnc2C#N)c1. The summed E-state index contributed by atoms with van der Waals surface area (Å²) in [7, 11) is -0.670. The molecular formula is C12H13N5O2S. The van der Waals surface area contributed by atoms with Gasteiger partial charge >= 0.3 is 0 Å². The van der Waals surface area contributed by atoms with E-state index in [0.717, 1.165) is 4.31 Å². The fourth-order valence-electron chi connectivity index (χ4n) is 1.68. The van der Waals surface area contributed by atoms with Gasteiger partial charge in [-0.2, -0.15) is 5.26 Å². The van der Waals surface area contributed by atoms with Crippen molar-refractivity contribution < 1.29 is 8.42 Å². The van der Waals surface area contributed by atoms with Crippen LogP contribution in [0.5, 0.6) is 0 Å². The molecule has 0 atom stereocenters. The highest BCUT2D eigenvalue weighted by molar-refractivity contribution is 7.89. The highest BCUT2D eigenvalue weighted by atomic mass is 32.2. The second-order valence-corrected chi connectivity index (χ2v) is 6.39. The van der Waals surface area contributed by atoms with Crippen molar-refractivity contribution >= 4 is 15.7 Å². The molecule has 0 aliphatic heterocycles. The topological polar surface area (TPSA) is 105 Å². The Bertz CT molecular complexity index is 786. The van der Waals surface area contributed by atoms with Crippen LogP contribution >= 0.6 is 0 Å². The third kappa shape index (κ3) is 2.24. The Morgan fingerprint density at radius 3 is 2.70 bits per heavy atom. The highest BCUT2D eigenvalue weighted by Crippen LogP contribution is 2.24. The van der Waals surface area contributed by atoms with Gasteiger partial charge in [-0.1, -0.05) is 0 Å². The van der Waals surface area contributed by atoms with Crippen LogP contribution < -0.4 is 5.73 Å². The number of nitrogen functional groups attached to an aromatic ring is 1. The van der Waals surface area contributed by atoms with E-state index in [1.807, 2.05) is 6.07 Å². The van der Waals surface area contributed by atoms with Crippen LogP contribution in [0.3, 0.4) is 0 Å². The Kier molecular flexibility index (Phi) is 3.48. The number of nitrogens with zero attached hydrogens (tertiary/aromatic N) is 4. The van der Waals surface area contributed by atoms with E-state index in [-0.39, 0.29) is 10.7 Å². The molecule has 0 radical (unpaired) electrons. The van der Waals surface area contributed by atoms with E-state index >= 15 is 0 Å². The molecule has 0 saturated heterocycles. The molecule has 1 aromatic carbocycles. The molecule has 1 heterocycles. The van der Waals surface area contributed by atoms with Crippen molar-refractivity contribution in [2.75, 3.05) is 19.8 Å². The van der Waals surface area contributed by atoms with E-state index in [9.17, 15) is 8.42 Å². The smallest absolute Gasteiger partial charge is 0.242 e. The normalized spacial score (nSPS) is 11.5. The molecule has 0 fully saturated rings. The van der Waals surface area contributed by atoms with Crippen LogP contribution in [0.2, 0.25) is 0 Å². The molecule has 20 heavy (non-hydrogen) atoms. The maximum absolute atomic E-state index is 12.1. The number of benzene rings is 1. The van der Waals surface area contributed by atoms with E-state index in [2.05, 4.69) is 4.98 Å². The van der Waals surface area contributed by atoms with E-state index < -0.39 is 10.0 Å². The summed E-state index contributed by atoms with van der Waals surface area (Å²) in [5, 5.41) is 8.98. The van der Waals surface area contributed by atoms with Gasteiger partial charge in [-0.3, -0.25) is 4.57 Å². The summed E-state index contributed by atoms with van der Waals surface area (Å²) in [6.45, 7) is 0. The van der Waals surface area contributed by atoms with Crippen molar-refractivity contribution in [3.05, 3.63) is 36.4 Å². The quantitative estimate of drug-likeness (QED) is 0.833. The minimum atomic E-state index is -3.57. The zero-order valence-electron chi connectivity index (χ0n) is 11.0. The largest absolute Gasteiger partial charge is 0.397 e. The molecule has 0 saturated carbocycles. The van der Waals surface area contributed by atoms with Crippen LogP contribution in [0.1, 0.15) is 5.82 Å². The van der Waals surface area contributed by atoms with Gasteiger partial charge in [0.15, 0.2) is 0 Å². The maximum Gasteiger partial charge on any atom is 0.242 e. The summed E-state index contributed by atoms with van der Waals surface area (Å²) >= 11 is 0. The lowest BCUT2D eigenvalue weighted by molar-refractivity contribution is 0.520. The summed E-state index contributed by atoms with van der Waals surface area (Å²) in [5.41, 5.74) is 6.62. The van der Waals surface area contributed by atoms with Gasteiger partial charge < -0.3 is 5.73 Å². The summed E-state index contributed by atoms with van der Waals surface area (Å²) in [6, 6.07) is 6.26. The number of anilines is 1. The average molecular weight is 291 g/mol. The zero-order chi connectivity index (χ0) is 14.9. The summed E-state index contributed by atoms with van der Waals surface area (Å²) < 4.78 is 26.8. The second kappa shape index (κ2) is 4.96. The minimum absolute atomic E-state index is 0.101. The Morgan fingerprint density at radius 1 is 1.40 bits per heavy atom. The molecular weight excluding hydrogens is 278 g/mol. The van der Waals surface area contributed by atoms with Gasteiger partial charge in [0.2, 0.25) is 15.8 Å². The Hall–Kier alpha value is -2.37. The molecule has 2 aromatic rings. The molecule has 0 amide bonds. The molecule has 0 aliphatic rings. The monoisotopic (exact) mass is 291 g/mol. The third-order valence-electron chi connectivity index (χ3n) is 2.78. The lowest BCUT2D eigenvalue weighted by Gasteiger charge is -2.14. The Balaban J connectivity index is 2.66. The predicted octanol–water partition coefficient (Wildman–Crippen LogP) is 0.576. The van der Waals surface area contributed by atoms with E-state index in [1.54, 1.807) is 6.20 Å². The van der Waals surface area contributed by atoms with Crippen molar-refractivity contribution in [1.82, 2.24) is 13.9 Å². The molecule has 1 aromatic heterocycles. The van der Waals surface area contributed by atoms with E-state index in [0.29, 0.717) is 11.4 Å². The Morgan fingerprint density at radius 2 is 2.10 bits per heavy atom. The molecule has 2 rings (SSSR count). The van der Waals surface area contributed by atoms with Crippen molar-refractivity contribution in [1.29, 1.82) is 5.26 Å². The van der Waals surface area contributed by atoms with Crippen LogP contribution in [-0.4, -0.2) is 36.4 Å². The first-order valence-electron chi connectivity index (χ1n) is 5.64. The summed E-state index contributed by atoms with van der Waals surface area (Å²) in [5.74, 6) is 0.135. The standard InChI is InChI=1S/C12H13N5O2S/c1-16(2)20(18,19)9-3-4-10(14)11(7-9)17-6-5-15-12(17)8-13/h3-7H,14H2,1-2H3. The van der Waals surface area contributed by atoms with Crippen molar-refractivity contribution in [2.24, 2.45) is 0 Å². The summed E-state index contributed by atoms with van der Waals surface area (Å²) in [4.78, 5) is 3.97. The number of nitrogens with two attached hydrogens (primary N) is 1. The molecule has 104 valence electrons. The molecule has 0 aliphatic carbocycles. The van der Waals surface area contributed by atoms with Crippen molar-refractivity contribution in [3.63, 3.8) is 0 Å². The fourth-order valence-corrected chi connectivity index (χ4v) is 2.61. The van der Waals surface area contributed by atoms with E-state index in [1.165, 1.54) is 43.1 Å². The van der Waals surface area contributed by atoms with Gasteiger partial charge in [0.25, 0.3) is 0 Å². The van der Waals surface area contributed by atoms with Crippen LogP contribution in [0, 0.1) is 11.3 Å². The number of hydrogen-bond acceptors (Lipinski definition) is 5. The minimum Gasteiger partial charge on any atom is -0.397 e. The van der Waals surface area contributed by atoms with Crippen molar-refractivity contribution in [2.45, 2.75) is 4.90 Å². The number of rotatable bonds is 3. The van der Waals surface area contributed by atoms with Crippen LogP contribution in [0.4, 0.5) is 5.69 Å². The second-order valence-electron chi connectivity index (χ2n) is 4.24.